The fraction of sp³-hybridized carbons (Fsp3) is 0.300. The molecule has 80 valence electrons. The smallest absolute Gasteiger partial charge is 0.261 e. The number of halogens is 1. The quantitative estimate of drug-likeness (QED) is 0.711. The molecule has 1 aromatic carbocycles. The highest BCUT2D eigenvalue weighted by Gasteiger charge is 2.20. The molecule has 1 aromatic rings. The van der Waals surface area contributed by atoms with E-state index in [1.165, 1.54) is 12.1 Å². The highest BCUT2D eigenvalue weighted by Crippen LogP contribution is 2.25. The van der Waals surface area contributed by atoms with Crippen LogP contribution in [-0.4, -0.2) is 14.2 Å². The molecule has 0 saturated heterocycles. The standard InChI is InChI=1S/C10H9ClO3S/c11-15(13,14)8-5-4-7-2-1-3-10(12)9(7)6-8/h4-6H,1-3H2. The van der Waals surface area contributed by atoms with Crippen LogP contribution >= 0.6 is 10.7 Å². The van der Waals surface area contributed by atoms with Crippen LogP contribution in [-0.2, 0) is 15.5 Å². The van der Waals surface area contributed by atoms with Gasteiger partial charge in [-0.15, -0.1) is 0 Å². The molecule has 1 aliphatic carbocycles. The van der Waals surface area contributed by atoms with Crippen LogP contribution in [0, 0.1) is 0 Å². The van der Waals surface area contributed by atoms with Gasteiger partial charge in [-0.2, -0.15) is 0 Å². The normalized spacial score (nSPS) is 16.2. The number of rotatable bonds is 1. The fourth-order valence-corrected chi connectivity index (χ4v) is 2.54. The number of aryl methyl sites for hydroxylation is 1. The van der Waals surface area contributed by atoms with Crippen molar-refractivity contribution in [3.8, 4) is 0 Å². The number of hydrogen-bond acceptors (Lipinski definition) is 3. The van der Waals surface area contributed by atoms with Crippen molar-refractivity contribution in [2.45, 2.75) is 24.2 Å². The maximum atomic E-state index is 11.5. The zero-order valence-corrected chi connectivity index (χ0v) is 9.44. The summed E-state index contributed by atoms with van der Waals surface area (Å²) in [7, 11) is 1.47. The van der Waals surface area contributed by atoms with Gasteiger partial charge in [-0.3, -0.25) is 4.79 Å². The summed E-state index contributed by atoms with van der Waals surface area (Å²) in [4.78, 5) is 11.5. The average molecular weight is 245 g/mol. The molecular formula is C10H9ClO3S. The van der Waals surface area contributed by atoms with E-state index in [9.17, 15) is 13.2 Å². The summed E-state index contributed by atoms with van der Waals surface area (Å²) in [5.41, 5.74) is 1.42. The lowest BCUT2D eigenvalue weighted by molar-refractivity contribution is 0.0972. The van der Waals surface area contributed by atoms with Gasteiger partial charge in [0.15, 0.2) is 5.78 Å². The minimum atomic E-state index is -3.74. The molecular weight excluding hydrogens is 236 g/mol. The molecule has 0 fully saturated rings. The second-order valence-electron chi connectivity index (χ2n) is 3.53. The maximum absolute atomic E-state index is 11.5. The Morgan fingerprint density at radius 2 is 1.93 bits per heavy atom. The summed E-state index contributed by atoms with van der Waals surface area (Å²) in [6.07, 6.45) is 2.14. The van der Waals surface area contributed by atoms with Crippen LogP contribution in [0.25, 0.3) is 0 Å². The summed E-state index contributed by atoms with van der Waals surface area (Å²) in [6, 6.07) is 4.49. The molecule has 0 saturated carbocycles. The second-order valence-corrected chi connectivity index (χ2v) is 6.10. The zero-order chi connectivity index (χ0) is 11.1. The summed E-state index contributed by atoms with van der Waals surface area (Å²) < 4.78 is 22.2. The molecule has 0 unspecified atom stereocenters. The molecule has 2 rings (SSSR count). The zero-order valence-electron chi connectivity index (χ0n) is 7.86. The van der Waals surface area contributed by atoms with Gasteiger partial charge < -0.3 is 0 Å². The molecule has 0 bridgehead atoms. The van der Waals surface area contributed by atoms with Gasteiger partial charge in [-0.05, 0) is 30.5 Å². The van der Waals surface area contributed by atoms with Gasteiger partial charge in [0.25, 0.3) is 9.05 Å². The van der Waals surface area contributed by atoms with Gasteiger partial charge in [0, 0.05) is 22.7 Å². The van der Waals surface area contributed by atoms with Gasteiger partial charge >= 0.3 is 0 Å². The SMILES string of the molecule is O=C1CCCc2ccc(S(=O)(=O)Cl)cc21. The van der Waals surface area contributed by atoms with Crippen molar-refractivity contribution in [2.24, 2.45) is 0 Å². The number of benzene rings is 1. The fourth-order valence-electron chi connectivity index (χ4n) is 1.76. The number of fused-ring (bicyclic) bond motifs is 1. The minimum absolute atomic E-state index is 0.00147. The molecule has 0 amide bonds. The van der Waals surface area contributed by atoms with Gasteiger partial charge in [-0.1, -0.05) is 6.07 Å². The van der Waals surface area contributed by atoms with Crippen LogP contribution in [0.15, 0.2) is 23.1 Å². The Morgan fingerprint density at radius 3 is 2.60 bits per heavy atom. The lowest BCUT2D eigenvalue weighted by Gasteiger charge is -2.14. The van der Waals surface area contributed by atoms with E-state index in [0.717, 1.165) is 18.4 Å². The van der Waals surface area contributed by atoms with E-state index >= 15 is 0 Å². The lowest BCUT2D eigenvalue weighted by Crippen LogP contribution is -2.11. The van der Waals surface area contributed by atoms with Crippen molar-refractivity contribution < 1.29 is 13.2 Å². The molecule has 15 heavy (non-hydrogen) atoms. The third-order valence-corrected chi connectivity index (χ3v) is 3.86. The first kappa shape index (κ1) is 10.6. The molecule has 0 heterocycles. The first-order chi connectivity index (χ1) is 6.98. The van der Waals surface area contributed by atoms with Crippen molar-refractivity contribution in [3.05, 3.63) is 29.3 Å². The Morgan fingerprint density at radius 1 is 1.20 bits per heavy atom. The predicted molar refractivity (Wildman–Crippen MR) is 56.7 cm³/mol. The molecule has 0 spiro atoms. The lowest BCUT2D eigenvalue weighted by atomic mass is 9.91. The average Bonchev–Trinajstić information content (AvgIpc) is 2.16. The number of hydrogen-bond donors (Lipinski definition) is 0. The van der Waals surface area contributed by atoms with Crippen LogP contribution < -0.4 is 0 Å². The van der Waals surface area contributed by atoms with Gasteiger partial charge in [0.1, 0.15) is 0 Å². The van der Waals surface area contributed by atoms with Gasteiger partial charge in [-0.25, -0.2) is 8.42 Å². The van der Waals surface area contributed by atoms with Crippen molar-refractivity contribution in [1.29, 1.82) is 0 Å². The van der Waals surface area contributed by atoms with E-state index in [1.54, 1.807) is 6.07 Å². The molecule has 0 atom stereocenters. The molecule has 0 radical (unpaired) electrons. The van der Waals surface area contributed by atoms with Crippen LogP contribution in [0.4, 0.5) is 0 Å². The third kappa shape index (κ3) is 2.06. The van der Waals surface area contributed by atoms with E-state index in [2.05, 4.69) is 0 Å². The Balaban J connectivity index is 2.58. The first-order valence-electron chi connectivity index (χ1n) is 4.59. The van der Waals surface area contributed by atoms with Crippen molar-refractivity contribution in [3.63, 3.8) is 0 Å². The van der Waals surface area contributed by atoms with Crippen molar-refractivity contribution >= 4 is 25.5 Å². The largest absolute Gasteiger partial charge is 0.294 e. The molecule has 0 N–H and O–H groups in total. The van der Waals surface area contributed by atoms with E-state index in [-0.39, 0.29) is 10.7 Å². The topological polar surface area (TPSA) is 51.2 Å². The maximum Gasteiger partial charge on any atom is 0.261 e. The summed E-state index contributed by atoms with van der Waals surface area (Å²) >= 11 is 0. The van der Waals surface area contributed by atoms with Crippen LogP contribution in [0.5, 0.6) is 0 Å². The molecule has 0 aliphatic heterocycles. The van der Waals surface area contributed by atoms with Crippen LogP contribution in [0.3, 0.4) is 0 Å². The van der Waals surface area contributed by atoms with E-state index in [4.69, 9.17) is 10.7 Å². The number of carbonyl (C=O) groups is 1. The molecule has 5 heteroatoms. The summed E-state index contributed by atoms with van der Waals surface area (Å²) in [6.45, 7) is 0. The van der Waals surface area contributed by atoms with Crippen molar-refractivity contribution in [1.82, 2.24) is 0 Å². The highest BCUT2D eigenvalue weighted by molar-refractivity contribution is 8.13. The Labute approximate surface area is 92.5 Å². The number of Topliss-reactive ketones (excluding diaryl/α,β-unsaturated/α-hetero) is 1. The predicted octanol–water partition coefficient (Wildman–Crippen LogP) is 2.13. The minimum Gasteiger partial charge on any atom is -0.294 e. The Bertz CT molecular complexity index is 519. The summed E-state index contributed by atoms with van der Waals surface area (Å²) in [5.74, 6) is -0.00147. The Hall–Kier alpha value is -0.870. The number of carbonyl (C=O) groups excluding carboxylic acids is 1. The molecule has 1 aliphatic rings. The molecule has 0 aromatic heterocycles. The number of ketones is 1. The Kier molecular flexibility index (Phi) is 2.56. The second kappa shape index (κ2) is 3.61. The third-order valence-electron chi connectivity index (χ3n) is 2.51. The van der Waals surface area contributed by atoms with E-state index < -0.39 is 9.05 Å². The van der Waals surface area contributed by atoms with Gasteiger partial charge in [0.05, 0.1) is 4.90 Å². The molecule has 3 nitrogen and oxygen atoms in total. The van der Waals surface area contributed by atoms with E-state index in [1.807, 2.05) is 0 Å². The van der Waals surface area contributed by atoms with Crippen LogP contribution in [0.1, 0.15) is 28.8 Å². The summed E-state index contributed by atoms with van der Waals surface area (Å²) in [5, 5.41) is 0. The highest BCUT2D eigenvalue weighted by atomic mass is 35.7. The van der Waals surface area contributed by atoms with Crippen LogP contribution in [0.2, 0.25) is 0 Å². The monoisotopic (exact) mass is 244 g/mol. The van der Waals surface area contributed by atoms with Crippen molar-refractivity contribution in [2.75, 3.05) is 0 Å². The van der Waals surface area contributed by atoms with E-state index in [0.29, 0.717) is 12.0 Å². The van der Waals surface area contributed by atoms with Gasteiger partial charge in [0.2, 0.25) is 0 Å². The first-order valence-corrected chi connectivity index (χ1v) is 6.90.